The predicted molar refractivity (Wildman–Crippen MR) is 235 cm³/mol. The summed E-state index contributed by atoms with van der Waals surface area (Å²) in [4.78, 5) is 94.7. The highest BCUT2D eigenvalue weighted by atomic mass is 19.1. The number of hydrogen-bond acceptors (Lipinski definition) is 8. The Morgan fingerprint density at radius 2 is 1.28 bits per heavy atom. The molecule has 0 heterocycles. The number of rotatable bonds is 23. The van der Waals surface area contributed by atoms with E-state index in [9.17, 15) is 33.2 Å². The highest BCUT2D eigenvalue weighted by Gasteiger charge is 2.36. The molecule has 0 aliphatic heterocycles. The smallest absolute Gasteiger partial charge is 0.253 e. The Kier molecular flexibility index (Phi) is 21.7. The summed E-state index contributed by atoms with van der Waals surface area (Å²) < 4.78 is 13.9. The summed E-state index contributed by atoms with van der Waals surface area (Å²) in [7, 11) is 7.47. The number of benzene rings is 2. The topological polar surface area (TPSA) is 251 Å². The largest absolute Gasteiger partial charge is 0.370 e. The maximum Gasteiger partial charge on any atom is 0.253 e. The second-order valence-corrected chi connectivity index (χ2v) is 15.4. The van der Waals surface area contributed by atoms with Crippen LogP contribution in [0.4, 0.5) is 4.39 Å². The van der Waals surface area contributed by atoms with Crippen molar-refractivity contribution in [3.05, 3.63) is 77.6 Å². The number of primary amides is 1. The van der Waals surface area contributed by atoms with Gasteiger partial charge >= 0.3 is 0 Å². The normalized spacial score (nSPS) is 12.9. The molecule has 9 N–H and O–H groups in total. The second kappa shape index (κ2) is 26.0. The van der Waals surface area contributed by atoms with Crippen LogP contribution in [0.5, 0.6) is 0 Å². The highest BCUT2D eigenvalue weighted by Crippen LogP contribution is 2.16. The third-order valence-electron chi connectivity index (χ3n) is 9.28. The number of nitrogens with zero attached hydrogens (tertiary/aromatic N) is 5. The lowest BCUT2D eigenvalue weighted by Crippen LogP contribution is -2.59. The van der Waals surface area contributed by atoms with Crippen molar-refractivity contribution in [3.8, 4) is 0 Å². The zero-order valence-electron chi connectivity index (χ0n) is 36.4. The third kappa shape index (κ3) is 18.6. The molecule has 0 saturated heterocycles. The predicted octanol–water partition coefficient (Wildman–Crippen LogP) is 1.51. The number of imide groups is 1. The van der Waals surface area contributed by atoms with Gasteiger partial charge in [-0.2, -0.15) is 0 Å². The van der Waals surface area contributed by atoms with Gasteiger partial charge in [0.05, 0.1) is 0 Å². The quantitative estimate of drug-likeness (QED) is 0.0407. The Morgan fingerprint density at radius 1 is 0.721 bits per heavy atom. The van der Waals surface area contributed by atoms with Crippen LogP contribution in [0.15, 0.2) is 70.7 Å². The van der Waals surface area contributed by atoms with Gasteiger partial charge < -0.3 is 43.0 Å². The highest BCUT2D eigenvalue weighted by molar-refractivity contribution is 6.06. The molecule has 2 rings (SSSR count). The van der Waals surface area contributed by atoms with Gasteiger partial charge in [0, 0.05) is 60.7 Å². The Labute approximate surface area is 358 Å². The zero-order chi connectivity index (χ0) is 45.6. The van der Waals surface area contributed by atoms with Crippen LogP contribution in [-0.4, -0.2) is 128 Å². The first-order chi connectivity index (χ1) is 28.8. The van der Waals surface area contributed by atoms with Gasteiger partial charge in [-0.05, 0) is 73.8 Å². The number of unbranched alkanes of at least 4 members (excludes halogenated alkanes) is 1. The van der Waals surface area contributed by atoms with Crippen molar-refractivity contribution < 1.29 is 33.2 Å². The van der Waals surface area contributed by atoms with Gasteiger partial charge in [0.1, 0.15) is 30.0 Å². The number of aliphatic imine (C=N–C) groups is 2. The molecule has 0 unspecified atom stereocenters. The maximum absolute atomic E-state index is 14.4. The van der Waals surface area contributed by atoms with Crippen molar-refractivity contribution in [1.29, 1.82) is 0 Å². The van der Waals surface area contributed by atoms with Crippen LogP contribution < -0.4 is 33.2 Å². The molecule has 0 bridgehead atoms. The fourth-order valence-corrected chi connectivity index (χ4v) is 6.38. The molecule has 0 saturated carbocycles. The number of hydrogen-bond donors (Lipinski definition) is 6. The molecule has 6 amide bonds. The number of guanidine groups is 2. The number of carbonyl (C=O) groups is 6. The first-order valence-electron chi connectivity index (χ1n) is 20.3. The van der Waals surface area contributed by atoms with E-state index in [1.165, 1.54) is 36.4 Å². The lowest BCUT2D eigenvalue weighted by molar-refractivity contribution is -0.148. The summed E-state index contributed by atoms with van der Waals surface area (Å²) in [5, 5.41) is 8.16. The van der Waals surface area contributed by atoms with Crippen LogP contribution in [0.2, 0.25) is 0 Å². The molecule has 0 fully saturated rings. The fraction of sp³-hybridized carbons (Fsp3) is 0.488. The van der Waals surface area contributed by atoms with E-state index < -0.39 is 65.4 Å². The summed E-state index contributed by atoms with van der Waals surface area (Å²) in [5.74, 6) is -4.54. The van der Waals surface area contributed by atoms with Crippen LogP contribution in [-0.2, 0) is 35.2 Å². The van der Waals surface area contributed by atoms with E-state index in [0.717, 1.165) is 17.8 Å². The van der Waals surface area contributed by atoms with Gasteiger partial charge in [-0.15, -0.1) is 0 Å². The van der Waals surface area contributed by atoms with E-state index in [-0.39, 0.29) is 44.1 Å². The van der Waals surface area contributed by atoms with Crippen molar-refractivity contribution in [1.82, 2.24) is 30.7 Å². The molecular formula is C43H64FN11O6. The van der Waals surface area contributed by atoms with Crippen LogP contribution in [0, 0.1) is 11.7 Å². The summed E-state index contributed by atoms with van der Waals surface area (Å²) in [6, 6.07) is 9.20. The van der Waals surface area contributed by atoms with Crippen molar-refractivity contribution >= 4 is 53.4 Å². The summed E-state index contributed by atoms with van der Waals surface area (Å²) in [6.45, 7) is 5.45. The average Bonchev–Trinajstić information content (AvgIpc) is 3.18. The van der Waals surface area contributed by atoms with E-state index in [1.54, 1.807) is 24.3 Å². The van der Waals surface area contributed by atoms with Gasteiger partial charge in [0.2, 0.25) is 29.5 Å². The van der Waals surface area contributed by atoms with Gasteiger partial charge in [0.25, 0.3) is 5.91 Å². The zero-order valence-corrected chi connectivity index (χ0v) is 36.4. The number of amides is 6. The minimum Gasteiger partial charge on any atom is -0.370 e. The summed E-state index contributed by atoms with van der Waals surface area (Å²) in [6.07, 6.45) is 4.11. The third-order valence-corrected chi connectivity index (χ3v) is 9.28. The summed E-state index contributed by atoms with van der Waals surface area (Å²) >= 11 is 0. The molecule has 0 radical (unpaired) electrons. The maximum atomic E-state index is 14.4. The van der Waals surface area contributed by atoms with Crippen molar-refractivity contribution in [2.75, 3.05) is 41.3 Å². The lowest BCUT2D eigenvalue weighted by Gasteiger charge is -2.30. The van der Waals surface area contributed by atoms with E-state index in [4.69, 9.17) is 17.2 Å². The Morgan fingerprint density at radius 3 is 1.84 bits per heavy atom. The first-order valence-corrected chi connectivity index (χ1v) is 20.3. The standard InChI is InChI=1S/C43H64FN11O6/c1-28(2)26-35(40(60)50-33(38(45)58)17-13-25-48-42(46)47)52-39(59)34(16-11-12-24-49-43(53(4)5)54(6)7)51-41(61)36(27-31-18-21-32(44)22-19-31)55(29(3)56)37(57)23-20-30-14-9-8-10-15-30/h8-10,14-15,18-23,28,33-36H,11-13,16-17,24-27H2,1-7H3,(H2,45,58)(H,50,60)(H,51,61)(H,52,59)(H4,46,47,48)/b23-20+/t33-,34+,35-,36-/m0/s1. The monoisotopic (exact) mass is 850 g/mol. The Balaban J connectivity index is 2.52. The Bertz CT molecular complexity index is 1840. The van der Waals surface area contributed by atoms with E-state index in [1.807, 2.05) is 57.9 Å². The molecule has 334 valence electrons. The van der Waals surface area contributed by atoms with E-state index in [2.05, 4.69) is 25.9 Å². The van der Waals surface area contributed by atoms with E-state index >= 15 is 0 Å². The minimum absolute atomic E-state index is 0.0856. The molecular weight excluding hydrogens is 786 g/mol. The number of carbonyl (C=O) groups excluding carboxylic acids is 6. The second-order valence-electron chi connectivity index (χ2n) is 15.4. The number of halogens is 1. The van der Waals surface area contributed by atoms with Crippen molar-refractivity contribution in [2.24, 2.45) is 33.1 Å². The molecule has 2 aromatic rings. The van der Waals surface area contributed by atoms with E-state index in [0.29, 0.717) is 36.9 Å². The number of nitrogens with two attached hydrogens (primary N) is 3. The van der Waals surface area contributed by atoms with Gasteiger partial charge in [0.15, 0.2) is 11.9 Å². The van der Waals surface area contributed by atoms with Gasteiger partial charge in [-0.3, -0.25) is 43.7 Å². The molecule has 61 heavy (non-hydrogen) atoms. The molecule has 2 aromatic carbocycles. The molecule has 4 atom stereocenters. The summed E-state index contributed by atoms with van der Waals surface area (Å²) in [5.41, 5.74) is 17.5. The van der Waals surface area contributed by atoms with Crippen LogP contribution in [0.25, 0.3) is 6.08 Å². The Hall–Kier alpha value is -6.33. The van der Waals surface area contributed by atoms with Gasteiger partial charge in [-0.25, -0.2) is 4.39 Å². The van der Waals surface area contributed by atoms with Gasteiger partial charge in [-0.1, -0.05) is 56.3 Å². The molecule has 17 nitrogen and oxygen atoms in total. The number of nitrogens with one attached hydrogen (secondary N) is 3. The first kappa shape index (κ1) is 50.8. The minimum atomic E-state index is -1.47. The van der Waals surface area contributed by atoms with Crippen molar-refractivity contribution in [3.63, 3.8) is 0 Å². The fourth-order valence-electron chi connectivity index (χ4n) is 6.38. The lowest BCUT2D eigenvalue weighted by atomic mass is 10.00. The van der Waals surface area contributed by atoms with Crippen LogP contribution in [0.3, 0.4) is 0 Å². The average molecular weight is 850 g/mol. The van der Waals surface area contributed by atoms with Crippen LogP contribution in [0.1, 0.15) is 70.4 Å². The molecule has 0 aliphatic rings. The molecule has 18 heteroatoms. The molecule has 0 aromatic heterocycles. The van der Waals surface area contributed by atoms with Crippen LogP contribution >= 0.6 is 0 Å². The van der Waals surface area contributed by atoms with Crippen molar-refractivity contribution in [2.45, 2.75) is 89.9 Å². The SMILES string of the molecule is CC(=O)N(C(=O)/C=C/c1ccccc1)[C@@H](Cc1ccc(F)cc1)C(=O)N[C@H](CCCCN=C(N(C)C)N(C)C)C(=O)N[C@@H](CC(C)C)C(=O)N[C@@H](CCCN=C(N)N)C(N)=O. The molecule has 0 aliphatic carbocycles. The molecule has 0 spiro atoms.